The summed E-state index contributed by atoms with van der Waals surface area (Å²) in [5.74, 6) is 2.47. The highest BCUT2D eigenvalue weighted by Gasteiger charge is 2.75. The molecule has 1 unspecified atom stereocenters. The van der Waals surface area contributed by atoms with Crippen LogP contribution in [0.1, 0.15) is 144 Å². The van der Waals surface area contributed by atoms with Crippen LogP contribution in [0.15, 0.2) is 0 Å². The molecule has 0 amide bonds. The van der Waals surface area contributed by atoms with Gasteiger partial charge < -0.3 is 4.90 Å². The van der Waals surface area contributed by atoms with Crippen molar-refractivity contribution >= 4 is 0 Å². The van der Waals surface area contributed by atoms with Crippen molar-refractivity contribution in [3.8, 4) is 0 Å². The molecule has 1 atom stereocenters. The minimum atomic E-state index is 0.333. The molecule has 3 heteroatoms. The Labute approximate surface area is 241 Å². The van der Waals surface area contributed by atoms with Gasteiger partial charge in [0.05, 0.1) is 0 Å². The number of nitrogens with zero attached hydrogens (tertiary/aromatic N) is 3. The van der Waals surface area contributed by atoms with Gasteiger partial charge in [-0.1, -0.05) is 41.5 Å². The summed E-state index contributed by atoms with van der Waals surface area (Å²) in [4.78, 5) is 7.47. The van der Waals surface area contributed by atoms with E-state index in [-0.39, 0.29) is 0 Å². The summed E-state index contributed by atoms with van der Waals surface area (Å²) in [5.41, 5.74) is 3.09. The Morgan fingerprint density at radius 2 is 0.868 bits per heavy atom. The maximum atomic E-state index is 2.77. The third kappa shape index (κ3) is 6.84. The molecule has 0 spiro atoms. The van der Waals surface area contributed by atoms with E-state index in [0.717, 1.165) is 17.8 Å². The van der Waals surface area contributed by atoms with Gasteiger partial charge in [0.15, 0.2) is 0 Å². The highest BCUT2D eigenvalue weighted by Crippen LogP contribution is 2.68. The molecule has 4 rings (SSSR count). The second-order valence-electron chi connectivity index (χ2n) is 19.4. The first kappa shape index (κ1) is 35.9. The molecule has 4 heterocycles. The van der Waals surface area contributed by atoms with Crippen LogP contribution < -0.4 is 0 Å². The lowest BCUT2D eigenvalue weighted by atomic mass is 9.58. The molecule has 38 heavy (non-hydrogen) atoms. The van der Waals surface area contributed by atoms with Crippen molar-refractivity contribution in [1.29, 1.82) is 0 Å². The highest BCUT2D eigenvalue weighted by atomic mass is 15.4. The second-order valence-corrected chi connectivity index (χ2v) is 19.4. The van der Waals surface area contributed by atoms with E-state index in [0.29, 0.717) is 44.1 Å². The molecule has 4 saturated heterocycles. The fourth-order valence-electron chi connectivity index (χ4n) is 9.01. The van der Waals surface area contributed by atoms with Gasteiger partial charge in [-0.15, -0.1) is 0 Å². The molecular weight excluding hydrogens is 462 g/mol. The Balaban J connectivity index is 0.000000310. The molecule has 4 fully saturated rings. The minimum Gasteiger partial charge on any atom is -0.305 e. The van der Waals surface area contributed by atoms with E-state index in [1.165, 1.54) is 12.8 Å². The van der Waals surface area contributed by atoms with Gasteiger partial charge in [-0.05, 0) is 153 Å². The standard InChI is InChI=1S/C16H31N.C13H27N.C6H15N/c1-13(2,3)10-11-12-15(6,7)17(14(11,4)5)16(12,8)9;1-11(2,3)9-10-12(4,5)14(8)13(10,6)7;1-6(2,3)7(4)5/h11-12H,10H2,1-9H3;10H,9H2,1-8H3;1-5H3. The molecule has 3 nitrogen and oxygen atoms in total. The van der Waals surface area contributed by atoms with Crippen LogP contribution >= 0.6 is 0 Å². The Hall–Kier alpha value is -0.120. The Morgan fingerprint density at radius 3 is 1.08 bits per heavy atom. The topological polar surface area (TPSA) is 9.72 Å². The molecule has 4 aliphatic heterocycles. The number of rotatable bonds is 2. The molecule has 0 saturated carbocycles. The van der Waals surface area contributed by atoms with E-state index in [1.807, 2.05) is 0 Å². The zero-order valence-electron chi connectivity index (χ0n) is 30.5. The molecule has 0 aromatic carbocycles. The van der Waals surface area contributed by atoms with E-state index >= 15 is 0 Å². The van der Waals surface area contributed by atoms with Crippen LogP contribution in [0, 0.1) is 28.6 Å². The second kappa shape index (κ2) is 10.3. The fourth-order valence-corrected chi connectivity index (χ4v) is 9.01. The van der Waals surface area contributed by atoms with Crippen molar-refractivity contribution in [3.63, 3.8) is 0 Å². The highest BCUT2D eigenvalue weighted by molar-refractivity contribution is 5.28. The predicted octanol–water partition coefficient (Wildman–Crippen LogP) is 9.21. The summed E-state index contributed by atoms with van der Waals surface area (Å²) < 4.78 is 0. The van der Waals surface area contributed by atoms with Gasteiger partial charge in [0, 0.05) is 33.2 Å². The summed E-state index contributed by atoms with van der Waals surface area (Å²) in [6.07, 6.45) is 2.66. The van der Waals surface area contributed by atoms with Gasteiger partial charge in [0.2, 0.25) is 0 Å². The van der Waals surface area contributed by atoms with Gasteiger partial charge in [0.25, 0.3) is 0 Å². The molecule has 0 N–H and O–H groups in total. The largest absolute Gasteiger partial charge is 0.305 e. The van der Waals surface area contributed by atoms with Crippen molar-refractivity contribution in [2.45, 2.75) is 178 Å². The Morgan fingerprint density at radius 1 is 0.553 bits per heavy atom. The summed E-state index contributed by atoms with van der Waals surface area (Å²) in [6.45, 7) is 44.9. The van der Waals surface area contributed by atoms with Crippen LogP contribution in [0.2, 0.25) is 0 Å². The first-order chi connectivity index (χ1) is 16.3. The minimum absolute atomic E-state index is 0.333. The number of hydrogen-bond donors (Lipinski definition) is 0. The lowest BCUT2D eigenvalue weighted by Crippen LogP contribution is -2.74. The van der Waals surface area contributed by atoms with Gasteiger partial charge >= 0.3 is 0 Å². The van der Waals surface area contributed by atoms with E-state index in [4.69, 9.17) is 0 Å². The molecule has 0 radical (unpaired) electrons. The normalized spacial score (nSPS) is 30.9. The SMILES string of the molecule is CC(C)(C)CC1C2C(C)(C)N(C1(C)C)C2(C)C.CN(C)C(C)(C)C.CN1C(C)(C)C(CC(C)(C)C)C1(C)C. The van der Waals surface area contributed by atoms with Gasteiger partial charge in [-0.25, -0.2) is 0 Å². The van der Waals surface area contributed by atoms with Gasteiger partial charge in [-0.3, -0.25) is 9.80 Å². The van der Waals surface area contributed by atoms with Crippen LogP contribution in [-0.2, 0) is 0 Å². The summed E-state index contributed by atoms with van der Waals surface area (Å²) >= 11 is 0. The summed E-state index contributed by atoms with van der Waals surface area (Å²) in [7, 11) is 6.42. The first-order valence-electron chi connectivity index (χ1n) is 15.5. The number of likely N-dealkylation sites (tertiary alicyclic amines) is 1. The average molecular weight is 536 g/mol. The van der Waals surface area contributed by atoms with Crippen LogP contribution in [0.5, 0.6) is 0 Å². The Kier molecular flexibility index (Phi) is 9.74. The average Bonchev–Trinajstić information content (AvgIpc) is 2.90. The van der Waals surface area contributed by atoms with Crippen molar-refractivity contribution in [2.75, 3.05) is 21.1 Å². The fraction of sp³-hybridized carbons (Fsp3) is 1.00. The molecule has 228 valence electrons. The lowest BCUT2D eigenvalue weighted by molar-refractivity contribution is -0.168. The smallest absolute Gasteiger partial charge is 0.0213 e. The van der Waals surface area contributed by atoms with Gasteiger partial charge in [-0.2, -0.15) is 0 Å². The van der Waals surface area contributed by atoms with E-state index in [1.54, 1.807) is 0 Å². The summed E-state index contributed by atoms with van der Waals surface area (Å²) in [6, 6.07) is 0. The quantitative estimate of drug-likeness (QED) is 0.349. The molecule has 0 aromatic heterocycles. The molecule has 2 bridgehead atoms. The first-order valence-corrected chi connectivity index (χ1v) is 15.5. The van der Waals surface area contributed by atoms with E-state index < -0.39 is 0 Å². The van der Waals surface area contributed by atoms with Crippen molar-refractivity contribution in [1.82, 2.24) is 14.7 Å². The van der Waals surface area contributed by atoms with E-state index in [2.05, 4.69) is 167 Å². The Bertz CT molecular complexity index is 761. The third-order valence-corrected chi connectivity index (χ3v) is 11.0. The van der Waals surface area contributed by atoms with E-state index in [9.17, 15) is 0 Å². The third-order valence-electron chi connectivity index (χ3n) is 11.0. The van der Waals surface area contributed by atoms with Crippen molar-refractivity contribution in [2.24, 2.45) is 28.6 Å². The van der Waals surface area contributed by atoms with Crippen LogP contribution in [0.25, 0.3) is 0 Å². The predicted molar refractivity (Wildman–Crippen MR) is 172 cm³/mol. The lowest BCUT2D eigenvalue weighted by Gasteiger charge is -2.67. The maximum absolute atomic E-state index is 2.77. The summed E-state index contributed by atoms with van der Waals surface area (Å²) in [5, 5.41) is 0. The number of hydrogen-bond acceptors (Lipinski definition) is 3. The van der Waals surface area contributed by atoms with Crippen molar-refractivity contribution < 1.29 is 0 Å². The molecule has 0 aliphatic carbocycles. The molecular formula is C35H73N3. The maximum Gasteiger partial charge on any atom is 0.0213 e. The molecule has 0 aromatic rings. The van der Waals surface area contributed by atoms with Crippen LogP contribution in [-0.4, -0.2) is 69.1 Å². The van der Waals surface area contributed by atoms with Gasteiger partial charge in [0.1, 0.15) is 0 Å². The van der Waals surface area contributed by atoms with Crippen LogP contribution in [0.4, 0.5) is 0 Å². The number of fused-ring (bicyclic) bond motifs is 1. The van der Waals surface area contributed by atoms with Crippen LogP contribution in [0.3, 0.4) is 0 Å². The zero-order valence-corrected chi connectivity index (χ0v) is 30.5. The zero-order chi connectivity index (χ0) is 30.9. The van der Waals surface area contributed by atoms with Crippen molar-refractivity contribution in [3.05, 3.63) is 0 Å². The molecule has 4 aliphatic rings. The monoisotopic (exact) mass is 536 g/mol.